The van der Waals surface area contributed by atoms with Gasteiger partial charge in [-0.15, -0.1) is 0 Å². The molecule has 585 valence electrons. The van der Waals surface area contributed by atoms with Crippen molar-refractivity contribution < 1.29 is 27.4 Å². The highest BCUT2D eigenvalue weighted by Gasteiger charge is 2.40. The van der Waals surface area contributed by atoms with Crippen LogP contribution in [-0.4, -0.2) is 23.8 Å². The predicted molar refractivity (Wildman–Crippen MR) is 498 cm³/mol. The monoisotopic (exact) mass is 1610 g/mol. The van der Waals surface area contributed by atoms with Gasteiger partial charge in [-0.25, -0.2) is 4.48 Å². The first-order valence-corrected chi connectivity index (χ1v) is 40.5. The van der Waals surface area contributed by atoms with Crippen LogP contribution in [0.2, 0.25) is 0 Å². The van der Waals surface area contributed by atoms with Crippen molar-refractivity contribution in [1.29, 1.82) is 10.5 Å². The summed E-state index contributed by atoms with van der Waals surface area (Å²) in [4.78, 5) is 14.7. The SMILES string of the molecule is F.F.F.N#C/C(=C(/C#N)c1ccc(N(c2ccc(-c3cc(-c4ccccc4)cc(-c4ccccc4)c3)cc2)c2ccc(-c3ccc4[n+](c3)B(F)n3c(c5cccc6cccc3c65)=N4)cc2)cc1)c1ccc(N(c2ccc(-c3cc(-c4ccccc4)cc(-c4ccccc4)c3)cc2)c2ccc(-c3ccc4[n+](c3)[B]n3c(c5cccc6cccc3c65)=N4)cc2)cc1. The van der Waals surface area contributed by atoms with E-state index in [9.17, 15) is 10.5 Å². The zero-order valence-electron chi connectivity index (χ0n) is 66.5. The molecule has 16 aromatic carbocycles. The summed E-state index contributed by atoms with van der Waals surface area (Å²) in [5.74, 6) is 1.37. The first kappa shape index (κ1) is 77.4. The maximum Gasteiger partial charge on any atom is 0.727 e. The van der Waals surface area contributed by atoms with Gasteiger partial charge in [-0.1, -0.05) is 243 Å². The maximum absolute atomic E-state index is 17.2. The van der Waals surface area contributed by atoms with Crippen molar-refractivity contribution in [3.63, 3.8) is 0 Å². The van der Waals surface area contributed by atoms with Crippen LogP contribution >= 0.6 is 0 Å². The molecule has 0 N–H and O–H groups in total. The number of nitrogens with zero attached hydrogens (tertiary/aromatic N) is 10. The third kappa shape index (κ3) is 13.7. The molecule has 0 spiro atoms. The lowest BCUT2D eigenvalue weighted by Crippen LogP contribution is -2.58. The number of benzene rings is 16. The van der Waals surface area contributed by atoms with Crippen molar-refractivity contribution in [3.8, 4) is 101 Å². The van der Waals surface area contributed by atoms with Crippen molar-refractivity contribution in [3.05, 3.63) is 435 Å². The summed E-state index contributed by atoms with van der Waals surface area (Å²) in [7, 11) is 0.606. The standard InChI is InChI=1S/C108H68B2FN10.3FH/c111-110-117-70-84(46-60-104(117)115-108-98-30-14-26-82-28-16-32-102(106(82)98)121(108)110)76-35-49-92(50-36-76)119(94-53-39-78(40-54-94)90-65-87(73-21-9-3-10-22-73)62-88(66-90)74-23-11-4-12-24-74)96-57-43-80(44-58-96)100(68-113)99(67-112)79-41-55-95(56-42-79)118(93-51-37-77(38-52-93)89-63-85(71-17-5-1-6-18-71)61-86(64-89)72-19-7-2-8-20-72)91-47-33-75(34-48-91)83-45-59-103-114-107-97-29-13-25-81-27-15-31-101(105(81)97)120(107)109-116(103)69-83;;;/h1-66,69-70H;3*1H/q+2;;;/b100-99+;;;. The first-order valence-electron chi connectivity index (χ1n) is 40.5. The van der Waals surface area contributed by atoms with Gasteiger partial charge in [0.05, 0.1) is 34.3 Å². The quantitative estimate of drug-likeness (QED) is 0.0417. The second-order valence-electron chi connectivity index (χ2n) is 30.8. The Hall–Kier alpha value is -16.6. The van der Waals surface area contributed by atoms with E-state index in [1.807, 2.05) is 103 Å². The van der Waals surface area contributed by atoms with Crippen molar-refractivity contribution in [1.82, 2.24) is 8.96 Å². The summed E-state index contributed by atoms with van der Waals surface area (Å²) in [5, 5.41) is 29.1. The molecule has 22 rings (SSSR count). The highest BCUT2D eigenvalue weighted by molar-refractivity contribution is 6.42. The van der Waals surface area contributed by atoms with Crippen LogP contribution in [0.5, 0.6) is 0 Å². The number of halogens is 4. The summed E-state index contributed by atoms with van der Waals surface area (Å²) in [6.07, 6.45) is 4.00. The van der Waals surface area contributed by atoms with Gasteiger partial charge in [0.15, 0.2) is 0 Å². The zero-order valence-corrected chi connectivity index (χ0v) is 66.5. The van der Waals surface area contributed by atoms with E-state index < -0.39 is 7.26 Å². The molecule has 6 heterocycles. The van der Waals surface area contributed by atoms with Crippen LogP contribution in [0.15, 0.2) is 423 Å². The summed E-state index contributed by atoms with van der Waals surface area (Å²) < 4.78 is 24.8. The highest BCUT2D eigenvalue weighted by Crippen LogP contribution is 2.44. The molecule has 124 heavy (non-hydrogen) atoms. The minimum absolute atomic E-state index is 0. The van der Waals surface area contributed by atoms with Gasteiger partial charge in [-0.3, -0.25) is 27.4 Å². The third-order valence-corrected chi connectivity index (χ3v) is 23.7. The van der Waals surface area contributed by atoms with E-state index in [0.717, 1.165) is 167 Å². The number of fused-ring (bicyclic) bond motifs is 8. The van der Waals surface area contributed by atoms with Crippen LogP contribution in [0, 0.1) is 22.7 Å². The molecule has 0 unspecified atom stereocenters. The van der Waals surface area contributed by atoms with E-state index in [2.05, 4.69) is 348 Å². The Kier molecular flexibility index (Phi) is 20.1. The van der Waals surface area contributed by atoms with Gasteiger partial charge in [0.1, 0.15) is 12.1 Å². The maximum atomic E-state index is 17.2. The minimum atomic E-state index is -1.53. The van der Waals surface area contributed by atoms with E-state index >= 15 is 4.32 Å². The van der Waals surface area contributed by atoms with Gasteiger partial charge >= 0.3 is 26.4 Å². The molecule has 1 radical (unpaired) electrons. The lowest BCUT2D eigenvalue weighted by atomic mass is 9.93. The Bertz CT molecular complexity index is 7610. The van der Waals surface area contributed by atoms with Gasteiger partial charge in [0.25, 0.3) is 0 Å². The molecule has 20 aromatic rings. The normalized spacial score (nSPS) is 11.8. The van der Waals surface area contributed by atoms with Gasteiger partial charge in [0.2, 0.25) is 11.0 Å². The van der Waals surface area contributed by atoms with Crippen molar-refractivity contribution >= 4 is 115 Å². The predicted octanol–water partition coefficient (Wildman–Crippen LogP) is 25.4. The summed E-state index contributed by atoms with van der Waals surface area (Å²) in [5.41, 5.74) is 27.5. The number of rotatable bonds is 16. The minimum Gasteiger partial charge on any atom is -0.311 e. The van der Waals surface area contributed by atoms with E-state index in [0.29, 0.717) is 22.4 Å². The molecular formula is C108H71B2F4N10+2. The summed E-state index contributed by atoms with van der Waals surface area (Å²) >= 11 is 0. The van der Waals surface area contributed by atoms with Crippen molar-refractivity contribution in [2.24, 2.45) is 9.98 Å². The Morgan fingerprint density at radius 3 is 1.00 bits per heavy atom. The third-order valence-electron chi connectivity index (χ3n) is 23.7. The fourth-order valence-electron chi connectivity index (χ4n) is 17.7. The van der Waals surface area contributed by atoms with Crippen LogP contribution in [0.3, 0.4) is 0 Å². The number of pyridine rings is 2. The van der Waals surface area contributed by atoms with Crippen molar-refractivity contribution in [2.75, 3.05) is 9.80 Å². The average molecular weight is 1610 g/mol. The zero-order chi connectivity index (χ0) is 80.6. The molecule has 2 aliphatic heterocycles. The Labute approximate surface area is 713 Å². The molecule has 0 saturated heterocycles. The van der Waals surface area contributed by atoms with Gasteiger partial charge in [-0.2, -0.15) is 10.5 Å². The smallest absolute Gasteiger partial charge is 0.311 e. The first-order chi connectivity index (χ1) is 59.8. The molecule has 0 bridgehead atoms. The second kappa shape index (κ2) is 32.3. The van der Waals surface area contributed by atoms with Crippen LogP contribution in [0.4, 0.5) is 64.2 Å². The molecule has 0 atom stereocenters. The Morgan fingerprint density at radius 1 is 0.306 bits per heavy atom. The molecule has 0 amide bonds. The summed E-state index contributed by atoms with van der Waals surface area (Å²) in [6.45, 7) is 0. The second-order valence-corrected chi connectivity index (χ2v) is 30.8. The Morgan fingerprint density at radius 2 is 0.613 bits per heavy atom. The molecule has 16 heteroatoms. The molecule has 4 aromatic heterocycles. The van der Waals surface area contributed by atoms with E-state index in [-0.39, 0.29) is 25.3 Å². The lowest BCUT2D eigenvalue weighted by Gasteiger charge is -2.26. The lowest BCUT2D eigenvalue weighted by molar-refractivity contribution is -0.535. The summed E-state index contributed by atoms with van der Waals surface area (Å²) in [6, 6.07) is 144. The average Bonchev–Trinajstić information content (AvgIpc) is 1.57. The molecule has 0 saturated carbocycles. The number of hydrogen-bond acceptors (Lipinski definition) is 6. The van der Waals surface area contributed by atoms with Gasteiger partial charge in [-0.05, 0) is 255 Å². The number of anilines is 6. The van der Waals surface area contributed by atoms with E-state index in [1.165, 1.54) is 10.8 Å². The number of hydrogen-bond donors (Lipinski definition) is 0. The Balaban J connectivity index is 0.00000336. The number of aromatic nitrogens is 4. The van der Waals surface area contributed by atoms with Crippen LogP contribution in [0.25, 0.3) is 144 Å². The van der Waals surface area contributed by atoms with Crippen LogP contribution in [-0.2, 0) is 0 Å². The fraction of sp³-hybridized carbons (Fsp3) is 0. The largest absolute Gasteiger partial charge is 0.727 e. The van der Waals surface area contributed by atoms with Crippen LogP contribution < -0.4 is 29.7 Å². The van der Waals surface area contributed by atoms with Crippen molar-refractivity contribution in [2.45, 2.75) is 0 Å². The fourth-order valence-corrected chi connectivity index (χ4v) is 17.7. The van der Waals surface area contributed by atoms with Crippen LogP contribution in [0.1, 0.15) is 11.1 Å². The van der Waals surface area contributed by atoms with E-state index in [4.69, 9.17) is 9.98 Å². The number of allylic oxidation sites excluding steroid dienone is 2. The molecule has 10 nitrogen and oxygen atoms in total. The molecule has 2 aliphatic rings. The van der Waals surface area contributed by atoms with Gasteiger partial charge in [0, 0.05) is 79.2 Å². The van der Waals surface area contributed by atoms with Gasteiger partial charge < -0.3 is 14.3 Å². The van der Waals surface area contributed by atoms with E-state index in [1.54, 1.807) is 8.96 Å². The molecule has 0 aliphatic carbocycles. The molecular weight excluding hydrogens is 1530 g/mol. The highest BCUT2D eigenvalue weighted by atomic mass is 19.1. The topological polar surface area (TPSA) is 96.4 Å². The molecule has 0 fully saturated rings. The number of nitriles is 2.